The van der Waals surface area contributed by atoms with Crippen molar-refractivity contribution < 1.29 is 4.74 Å². The van der Waals surface area contributed by atoms with Crippen LogP contribution in [0.2, 0.25) is 0 Å². The summed E-state index contributed by atoms with van der Waals surface area (Å²) in [5.74, 6) is 1.67. The summed E-state index contributed by atoms with van der Waals surface area (Å²) in [5, 5.41) is 0. The monoisotopic (exact) mass is 259 g/mol. The van der Waals surface area contributed by atoms with Gasteiger partial charge in [0, 0.05) is 0 Å². The average molecular weight is 259 g/mol. The molecule has 0 bridgehead atoms. The Morgan fingerprint density at radius 2 is 2.05 bits per heavy atom. The summed E-state index contributed by atoms with van der Waals surface area (Å²) in [7, 11) is 1.75. The molecule has 2 aliphatic rings. The molecule has 1 atom stereocenters. The lowest BCUT2D eigenvalue weighted by Crippen LogP contribution is -2.44. The zero-order chi connectivity index (χ0) is 13.3. The van der Waals surface area contributed by atoms with Crippen LogP contribution in [0.5, 0.6) is 5.75 Å². The van der Waals surface area contributed by atoms with Gasteiger partial charge in [-0.25, -0.2) is 0 Å². The van der Waals surface area contributed by atoms with Gasteiger partial charge < -0.3 is 10.5 Å². The van der Waals surface area contributed by atoms with Crippen molar-refractivity contribution in [2.24, 2.45) is 11.7 Å². The minimum atomic E-state index is 0.368. The van der Waals surface area contributed by atoms with Crippen LogP contribution in [-0.2, 0) is 11.8 Å². The van der Waals surface area contributed by atoms with Crippen LogP contribution in [0.25, 0.3) is 0 Å². The largest absolute Gasteiger partial charge is 0.497 e. The molecule has 0 aromatic heterocycles. The summed E-state index contributed by atoms with van der Waals surface area (Å²) >= 11 is 0. The SMILES string of the molecule is COc1ccc2c(c1)CCC(CN)C21CCCCC1. The number of ether oxygens (including phenoxy) is 1. The Labute approximate surface area is 116 Å². The molecule has 1 unspecified atom stereocenters. The number of methoxy groups -OCH3 is 1. The maximum atomic E-state index is 6.10. The molecule has 2 aliphatic carbocycles. The molecule has 0 radical (unpaired) electrons. The lowest BCUT2D eigenvalue weighted by Gasteiger charge is -2.48. The van der Waals surface area contributed by atoms with E-state index < -0.39 is 0 Å². The average Bonchev–Trinajstić information content (AvgIpc) is 2.48. The second-order valence-electron chi connectivity index (χ2n) is 6.21. The van der Waals surface area contributed by atoms with Gasteiger partial charge in [-0.05, 0) is 66.8 Å². The zero-order valence-electron chi connectivity index (χ0n) is 12.0. The summed E-state index contributed by atoms with van der Waals surface area (Å²) in [5.41, 5.74) is 9.55. The maximum Gasteiger partial charge on any atom is 0.119 e. The van der Waals surface area contributed by atoms with Gasteiger partial charge in [-0.3, -0.25) is 0 Å². The van der Waals surface area contributed by atoms with E-state index in [1.54, 1.807) is 12.7 Å². The lowest BCUT2D eigenvalue weighted by atomic mass is 9.57. The van der Waals surface area contributed by atoms with Crippen LogP contribution in [0, 0.1) is 5.92 Å². The van der Waals surface area contributed by atoms with Crippen LogP contribution in [-0.4, -0.2) is 13.7 Å². The van der Waals surface area contributed by atoms with E-state index in [4.69, 9.17) is 10.5 Å². The van der Waals surface area contributed by atoms with Crippen LogP contribution < -0.4 is 10.5 Å². The van der Waals surface area contributed by atoms with Crippen molar-refractivity contribution in [3.63, 3.8) is 0 Å². The highest BCUT2D eigenvalue weighted by Crippen LogP contribution is 2.50. The van der Waals surface area contributed by atoms with E-state index in [1.165, 1.54) is 44.1 Å². The number of hydrogen-bond donors (Lipinski definition) is 1. The Hall–Kier alpha value is -1.02. The molecule has 1 spiro atoms. The van der Waals surface area contributed by atoms with Gasteiger partial charge in [-0.1, -0.05) is 25.3 Å². The number of benzene rings is 1. The first kappa shape index (κ1) is 13.0. The normalized spacial score (nSPS) is 25.1. The summed E-state index contributed by atoms with van der Waals surface area (Å²) in [6, 6.07) is 6.70. The highest BCUT2D eigenvalue weighted by molar-refractivity contribution is 5.43. The third-order valence-corrected chi connectivity index (χ3v) is 5.42. The molecule has 2 heteroatoms. The zero-order valence-corrected chi connectivity index (χ0v) is 12.0. The van der Waals surface area contributed by atoms with Gasteiger partial charge in [0.1, 0.15) is 5.75 Å². The van der Waals surface area contributed by atoms with Gasteiger partial charge in [-0.15, -0.1) is 0 Å². The van der Waals surface area contributed by atoms with Crippen LogP contribution in [0.4, 0.5) is 0 Å². The molecule has 0 amide bonds. The minimum Gasteiger partial charge on any atom is -0.497 e. The first-order valence-corrected chi connectivity index (χ1v) is 7.67. The van der Waals surface area contributed by atoms with Gasteiger partial charge in [0.05, 0.1) is 7.11 Å². The standard InChI is InChI=1S/C17H25NO/c1-19-15-7-8-16-13(11-15)5-6-14(12-18)17(16)9-3-2-4-10-17/h7-8,11,14H,2-6,9-10,12,18H2,1H3. The van der Waals surface area contributed by atoms with Gasteiger partial charge in [-0.2, -0.15) is 0 Å². The predicted octanol–water partition coefficient (Wildman–Crippen LogP) is 3.42. The second kappa shape index (κ2) is 5.16. The molecule has 3 rings (SSSR count). The number of nitrogens with two attached hydrogens (primary N) is 1. The summed E-state index contributed by atoms with van der Waals surface area (Å²) in [6.45, 7) is 0.839. The molecule has 1 aromatic carbocycles. The molecule has 0 aliphatic heterocycles. The van der Waals surface area contributed by atoms with E-state index in [0.717, 1.165) is 18.7 Å². The van der Waals surface area contributed by atoms with Crippen molar-refractivity contribution >= 4 is 0 Å². The van der Waals surface area contributed by atoms with Crippen molar-refractivity contribution in [2.45, 2.75) is 50.4 Å². The minimum absolute atomic E-state index is 0.368. The van der Waals surface area contributed by atoms with Crippen LogP contribution in [0.1, 0.15) is 49.7 Å². The first-order chi connectivity index (χ1) is 9.30. The molecule has 19 heavy (non-hydrogen) atoms. The third-order valence-electron chi connectivity index (χ3n) is 5.42. The lowest BCUT2D eigenvalue weighted by molar-refractivity contribution is 0.171. The highest BCUT2D eigenvalue weighted by Gasteiger charge is 2.43. The van der Waals surface area contributed by atoms with Gasteiger partial charge >= 0.3 is 0 Å². The van der Waals surface area contributed by atoms with E-state index in [9.17, 15) is 0 Å². The molecule has 1 aromatic rings. The predicted molar refractivity (Wildman–Crippen MR) is 78.6 cm³/mol. The van der Waals surface area contributed by atoms with E-state index >= 15 is 0 Å². The highest BCUT2D eigenvalue weighted by atomic mass is 16.5. The number of aryl methyl sites for hydroxylation is 1. The Balaban J connectivity index is 2.05. The number of rotatable bonds is 2. The maximum absolute atomic E-state index is 6.10. The second-order valence-corrected chi connectivity index (χ2v) is 6.21. The fourth-order valence-electron chi connectivity index (χ4n) is 4.42. The van der Waals surface area contributed by atoms with Gasteiger partial charge in [0.15, 0.2) is 0 Å². The van der Waals surface area contributed by atoms with Crippen molar-refractivity contribution in [3.8, 4) is 5.75 Å². The van der Waals surface area contributed by atoms with Crippen molar-refractivity contribution in [3.05, 3.63) is 29.3 Å². The fourth-order valence-corrected chi connectivity index (χ4v) is 4.42. The van der Waals surface area contributed by atoms with Crippen LogP contribution in [0.3, 0.4) is 0 Å². The van der Waals surface area contributed by atoms with Gasteiger partial charge in [0.2, 0.25) is 0 Å². The summed E-state index contributed by atoms with van der Waals surface area (Å²) < 4.78 is 5.38. The molecular weight excluding hydrogens is 234 g/mol. The van der Waals surface area contributed by atoms with E-state index in [-0.39, 0.29) is 0 Å². The molecule has 0 saturated heterocycles. The number of fused-ring (bicyclic) bond motifs is 2. The Kier molecular flexibility index (Phi) is 3.53. The smallest absolute Gasteiger partial charge is 0.119 e. The Morgan fingerprint density at radius 3 is 2.74 bits per heavy atom. The number of hydrogen-bond acceptors (Lipinski definition) is 2. The molecular formula is C17H25NO. The quantitative estimate of drug-likeness (QED) is 0.883. The molecule has 1 fully saturated rings. The van der Waals surface area contributed by atoms with Crippen molar-refractivity contribution in [2.75, 3.05) is 13.7 Å². The van der Waals surface area contributed by atoms with Crippen molar-refractivity contribution in [1.29, 1.82) is 0 Å². The fraction of sp³-hybridized carbons (Fsp3) is 0.647. The molecule has 2 nitrogen and oxygen atoms in total. The topological polar surface area (TPSA) is 35.2 Å². The Bertz CT molecular complexity index is 449. The molecule has 1 saturated carbocycles. The van der Waals surface area contributed by atoms with Crippen molar-refractivity contribution in [1.82, 2.24) is 0 Å². The van der Waals surface area contributed by atoms with E-state index in [2.05, 4.69) is 18.2 Å². The summed E-state index contributed by atoms with van der Waals surface area (Å²) in [6.07, 6.45) is 9.18. The van der Waals surface area contributed by atoms with E-state index in [1.807, 2.05) is 0 Å². The Morgan fingerprint density at radius 1 is 1.26 bits per heavy atom. The molecule has 104 valence electrons. The van der Waals surface area contributed by atoms with Crippen LogP contribution in [0.15, 0.2) is 18.2 Å². The van der Waals surface area contributed by atoms with E-state index in [0.29, 0.717) is 11.3 Å². The van der Waals surface area contributed by atoms with Crippen LogP contribution >= 0.6 is 0 Å². The third kappa shape index (κ3) is 2.06. The molecule has 0 heterocycles. The first-order valence-electron chi connectivity index (χ1n) is 7.67. The summed E-state index contributed by atoms with van der Waals surface area (Å²) in [4.78, 5) is 0. The van der Waals surface area contributed by atoms with Gasteiger partial charge in [0.25, 0.3) is 0 Å². The molecule has 2 N–H and O–H groups in total.